The summed E-state index contributed by atoms with van der Waals surface area (Å²) in [6.45, 7) is 1.18. The number of aromatic nitrogens is 2. The maximum Gasteiger partial charge on any atom is 0.161 e. The Kier molecular flexibility index (Phi) is 5.95. The van der Waals surface area contributed by atoms with Crippen LogP contribution < -0.4 is 14.4 Å². The number of anilines is 1. The molecule has 0 unspecified atom stereocenters. The number of rotatable bonds is 8. The molecule has 33 heavy (non-hydrogen) atoms. The highest BCUT2D eigenvalue weighted by molar-refractivity contribution is 7.17. The van der Waals surface area contributed by atoms with E-state index in [1.54, 1.807) is 38.1 Å². The molecule has 0 radical (unpaired) electrons. The molecule has 2 aromatic carbocycles. The second kappa shape index (κ2) is 9.34. The highest BCUT2D eigenvalue weighted by Gasteiger charge is 2.20. The summed E-state index contributed by atoms with van der Waals surface area (Å²) in [7, 11) is 3.29. The number of furan rings is 1. The number of thiophene rings is 1. The first kappa shape index (κ1) is 21.0. The minimum atomic E-state index is 0.567. The smallest absolute Gasteiger partial charge is 0.161 e. The minimum absolute atomic E-state index is 0.567. The van der Waals surface area contributed by atoms with Crippen molar-refractivity contribution in [3.63, 3.8) is 0 Å². The van der Waals surface area contributed by atoms with Gasteiger partial charge in [-0.1, -0.05) is 36.4 Å². The molecule has 0 aliphatic heterocycles. The summed E-state index contributed by atoms with van der Waals surface area (Å²) in [5, 5.41) is 3.19. The average molecular weight is 458 g/mol. The van der Waals surface area contributed by atoms with Crippen LogP contribution in [-0.2, 0) is 13.1 Å². The maximum absolute atomic E-state index is 5.69. The molecule has 0 N–H and O–H groups in total. The number of fused-ring (bicyclic) bond motifs is 1. The number of nitrogens with zero attached hydrogens (tertiary/aromatic N) is 3. The van der Waals surface area contributed by atoms with Gasteiger partial charge in [-0.25, -0.2) is 9.97 Å². The molecule has 7 heteroatoms. The van der Waals surface area contributed by atoms with Crippen LogP contribution in [0.25, 0.3) is 21.3 Å². The summed E-state index contributed by atoms with van der Waals surface area (Å²) in [6.07, 6.45) is 3.33. The van der Waals surface area contributed by atoms with Crippen molar-refractivity contribution in [3.05, 3.63) is 90.0 Å². The Bertz CT molecular complexity index is 1350. The lowest BCUT2D eigenvalue weighted by Crippen LogP contribution is -2.23. The Morgan fingerprint density at radius 1 is 0.909 bits per heavy atom. The van der Waals surface area contributed by atoms with E-state index >= 15 is 0 Å². The molecule has 0 spiro atoms. The van der Waals surface area contributed by atoms with Gasteiger partial charge in [0.2, 0.25) is 0 Å². The molecule has 0 bridgehead atoms. The van der Waals surface area contributed by atoms with Gasteiger partial charge < -0.3 is 18.8 Å². The van der Waals surface area contributed by atoms with Gasteiger partial charge in [0.1, 0.15) is 22.7 Å². The number of benzene rings is 2. The van der Waals surface area contributed by atoms with Crippen LogP contribution in [0.3, 0.4) is 0 Å². The van der Waals surface area contributed by atoms with Crippen LogP contribution in [0.2, 0.25) is 0 Å². The maximum atomic E-state index is 5.69. The summed E-state index contributed by atoms with van der Waals surface area (Å²) in [5.74, 6) is 3.12. The normalized spacial score (nSPS) is 11.0. The van der Waals surface area contributed by atoms with E-state index in [4.69, 9.17) is 18.9 Å². The van der Waals surface area contributed by atoms with Crippen LogP contribution in [0.4, 0.5) is 5.82 Å². The zero-order chi connectivity index (χ0) is 22.6. The van der Waals surface area contributed by atoms with Crippen molar-refractivity contribution in [3.8, 4) is 22.6 Å². The summed E-state index contributed by atoms with van der Waals surface area (Å²) >= 11 is 1.63. The average Bonchev–Trinajstić information content (AvgIpc) is 3.54. The van der Waals surface area contributed by atoms with E-state index in [9.17, 15) is 0 Å². The van der Waals surface area contributed by atoms with Crippen LogP contribution in [-0.4, -0.2) is 24.2 Å². The fourth-order valence-electron chi connectivity index (χ4n) is 3.92. The van der Waals surface area contributed by atoms with Crippen molar-refractivity contribution >= 4 is 27.4 Å². The van der Waals surface area contributed by atoms with Crippen LogP contribution in [0, 0.1) is 0 Å². The van der Waals surface area contributed by atoms with Gasteiger partial charge in [0.25, 0.3) is 0 Å². The molecule has 0 saturated heterocycles. The Morgan fingerprint density at radius 2 is 1.76 bits per heavy atom. The van der Waals surface area contributed by atoms with Crippen molar-refractivity contribution in [2.45, 2.75) is 13.1 Å². The molecule has 0 fully saturated rings. The molecule has 3 aromatic heterocycles. The van der Waals surface area contributed by atoms with E-state index in [2.05, 4.69) is 27.4 Å². The first-order valence-electron chi connectivity index (χ1n) is 10.5. The van der Waals surface area contributed by atoms with Crippen molar-refractivity contribution < 1.29 is 13.9 Å². The van der Waals surface area contributed by atoms with Gasteiger partial charge in [0.05, 0.1) is 32.4 Å². The third kappa shape index (κ3) is 4.27. The Balaban J connectivity index is 1.61. The minimum Gasteiger partial charge on any atom is -0.493 e. The Hall–Kier alpha value is -3.84. The third-order valence-corrected chi connectivity index (χ3v) is 6.37. The molecule has 0 saturated carbocycles. The highest BCUT2D eigenvalue weighted by Crippen LogP contribution is 2.39. The lowest BCUT2D eigenvalue weighted by atomic mass is 10.1. The largest absolute Gasteiger partial charge is 0.493 e. The fourth-order valence-corrected chi connectivity index (χ4v) is 4.84. The second-order valence-electron chi connectivity index (χ2n) is 7.52. The van der Waals surface area contributed by atoms with Crippen LogP contribution in [0.1, 0.15) is 11.3 Å². The standard InChI is InChI=1S/C26H23N3O3S/c1-30-22-11-10-18(13-23(22)31-2)14-29(15-20-9-6-12-32-20)25-24-21(19-7-4-3-5-8-19)16-33-26(24)28-17-27-25/h3-13,16-17H,14-15H2,1-2H3. The molecule has 5 aromatic rings. The van der Waals surface area contributed by atoms with Crippen molar-refractivity contribution in [2.75, 3.05) is 19.1 Å². The SMILES string of the molecule is COc1ccc(CN(Cc2ccco2)c2ncnc3scc(-c4ccccc4)c23)cc1OC. The van der Waals surface area contributed by atoms with Gasteiger partial charge in [0.15, 0.2) is 11.5 Å². The Labute approximate surface area is 196 Å². The topological polar surface area (TPSA) is 60.6 Å². The van der Waals surface area contributed by atoms with Gasteiger partial charge in [-0.2, -0.15) is 0 Å². The van der Waals surface area contributed by atoms with Gasteiger partial charge in [-0.15, -0.1) is 11.3 Å². The second-order valence-corrected chi connectivity index (χ2v) is 8.38. The number of hydrogen-bond acceptors (Lipinski definition) is 7. The van der Waals surface area contributed by atoms with Gasteiger partial charge in [-0.3, -0.25) is 0 Å². The molecule has 0 atom stereocenters. The van der Waals surface area contributed by atoms with Crippen LogP contribution in [0.15, 0.2) is 83.1 Å². The quantitative estimate of drug-likeness (QED) is 0.277. The molecule has 3 heterocycles. The molecule has 0 amide bonds. The molecular weight excluding hydrogens is 434 g/mol. The van der Waals surface area contributed by atoms with Crippen molar-refractivity contribution in [1.29, 1.82) is 0 Å². The molecule has 5 rings (SSSR count). The first-order chi connectivity index (χ1) is 16.3. The van der Waals surface area contributed by atoms with E-state index in [1.165, 1.54) is 0 Å². The van der Waals surface area contributed by atoms with Crippen LogP contribution >= 0.6 is 11.3 Å². The third-order valence-electron chi connectivity index (χ3n) is 5.48. The Morgan fingerprint density at radius 3 is 2.52 bits per heavy atom. The van der Waals surface area contributed by atoms with Gasteiger partial charge in [-0.05, 0) is 35.4 Å². The van der Waals surface area contributed by atoms with Crippen molar-refractivity contribution in [2.24, 2.45) is 0 Å². The zero-order valence-corrected chi connectivity index (χ0v) is 19.2. The fraction of sp³-hybridized carbons (Fsp3) is 0.154. The summed E-state index contributed by atoms with van der Waals surface area (Å²) in [5.41, 5.74) is 3.34. The monoisotopic (exact) mass is 457 g/mol. The predicted octanol–water partition coefficient (Wildman–Crippen LogP) is 6.18. The highest BCUT2D eigenvalue weighted by atomic mass is 32.1. The lowest BCUT2D eigenvalue weighted by Gasteiger charge is -2.24. The van der Waals surface area contributed by atoms with Gasteiger partial charge >= 0.3 is 0 Å². The zero-order valence-electron chi connectivity index (χ0n) is 18.4. The summed E-state index contributed by atoms with van der Waals surface area (Å²) in [4.78, 5) is 12.5. The summed E-state index contributed by atoms with van der Waals surface area (Å²) < 4.78 is 16.6. The lowest BCUT2D eigenvalue weighted by molar-refractivity contribution is 0.354. The molecule has 166 valence electrons. The van der Waals surface area contributed by atoms with E-state index in [0.717, 1.165) is 38.5 Å². The summed E-state index contributed by atoms with van der Waals surface area (Å²) in [6, 6.07) is 20.2. The molecule has 6 nitrogen and oxygen atoms in total. The predicted molar refractivity (Wildman–Crippen MR) is 131 cm³/mol. The number of methoxy groups -OCH3 is 2. The van der Waals surface area contributed by atoms with E-state index in [0.29, 0.717) is 24.6 Å². The molecule has 0 aliphatic rings. The van der Waals surface area contributed by atoms with Crippen LogP contribution in [0.5, 0.6) is 11.5 Å². The molecular formula is C26H23N3O3S. The van der Waals surface area contributed by atoms with Crippen molar-refractivity contribution in [1.82, 2.24) is 9.97 Å². The van der Waals surface area contributed by atoms with E-state index in [-0.39, 0.29) is 0 Å². The van der Waals surface area contributed by atoms with E-state index in [1.807, 2.05) is 48.5 Å². The van der Waals surface area contributed by atoms with E-state index < -0.39 is 0 Å². The van der Waals surface area contributed by atoms with Gasteiger partial charge in [0, 0.05) is 17.5 Å². The number of ether oxygens (including phenoxy) is 2. The number of hydrogen-bond donors (Lipinski definition) is 0. The first-order valence-corrected chi connectivity index (χ1v) is 11.4. The molecule has 0 aliphatic carbocycles.